The van der Waals surface area contributed by atoms with E-state index in [1.54, 1.807) is 10.6 Å². The molecule has 0 bridgehead atoms. The number of fused-ring (bicyclic) bond motifs is 1. The lowest BCUT2D eigenvalue weighted by atomic mass is 10.0. The van der Waals surface area contributed by atoms with Gasteiger partial charge in [-0.05, 0) is 80.8 Å². The van der Waals surface area contributed by atoms with Gasteiger partial charge in [-0.2, -0.15) is 0 Å². The number of aromatic nitrogens is 2. The smallest absolute Gasteiger partial charge is 0.266 e. The Kier molecular flexibility index (Phi) is 8.59. The maximum atomic E-state index is 14.2. The van der Waals surface area contributed by atoms with E-state index in [2.05, 4.69) is 12.1 Å². The highest BCUT2D eigenvalue weighted by atomic mass is 16.5. The van der Waals surface area contributed by atoms with Gasteiger partial charge in [-0.1, -0.05) is 67.1 Å². The maximum absolute atomic E-state index is 14.2. The Morgan fingerprint density at radius 2 is 1.56 bits per heavy atom. The zero-order valence-corrected chi connectivity index (χ0v) is 23.8. The van der Waals surface area contributed by atoms with Gasteiger partial charge in [0, 0.05) is 12.1 Å². The number of carbonyl (C=O) groups is 1. The van der Waals surface area contributed by atoms with Crippen molar-refractivity contribution in [2.75, 3.05) is 13.2 Å². The molecular formula is C35H35N3O3. The van der Waals surface area contributed by atoms with E-state index in [4.69, 9.17) is 9.72 Å². The minimum Gasteiger partial charge on any atom is -0.494 e. The Morgan fingerprint density at radius 1 is 0.878 bits per heavy atom. The maximum Gasteiger partial charge on any atom is 0.266 e. The summed E-state index contributed by atoms with van der Waals surface area (Å²) in [6.45, 7) is 7.00. The molecule has 1 aromatic heterocycles. The minimum atomic E-state index is -0.448. The summed E-state index contributed by atoms with van der Waals surface area (Å²) in [6.07, 6.45) is 1.25. The fourth-order valence-corrected chi connectivity index (χ4v) is 5.18. The zero-order valence-electron chi connectivity index (χ0n) is 23.8. The van der Waals surface area contributed by atoms with Gasteiger partial charge in [0.25, 0.3) is 11.5 Å². The Balaban J connectivity index is 1.66. The second kappa shape index (κ2) is 12.6. The van der Waals surface area contributed by atoms with E-state index in [1.807, 2.05) is 111 Å². The van der Waals surface area contributed by atoms with E-state index in [0.717, 1.165) is 16.9 Å². The van der Waals surface area contributed by atoms with E-state index >= 15 is 0 Å². The van der Waals surface area contributed by atoms with Gasteiger partial charge in [0.15, 0.2) is 0 Å². The summed E-state index contributed by atoms with van der Waals surface area (Å²) in [5, 5.41) is 0.528. The standard InChI is InChI=1S/C35H35N3O3/c1-4-32(37(24-23-26-11-7-6-8-12-26)34(39)27-17-15-25(3)16-18-27)33-36-31-14-10-9-13-30(31)35(40)38(33)28-19-21-29(22-20-28)41-5-2/h6-22,32H,4-5,23-24H2,1-3H3. The highest BCUT2D eigenvalue weighted by molar-refractivity contribution is 5.94. The van der Waals surface area contributed by atoms with Crippen LogP contribution in [0.2, 0.25) is 0 Å². The monoisotopic (exact) mass is 545 g/mol. The van der Waals surface area contributed by atoms with Crippen LogP contribution in [-0.4, -0.2) is 33.5 Å². The molecule has 6 heteroatoms. The molecule has 1 atom stereocenters. The lowest BCUT2D eigenvalue weighted by molar-refractivity contribution is 0.0662. The van der Waals surface area contributed by atoms with Crippen LogP contribution in [0.15, 0.2) is 108 Å². The Labute approximate surface area is 240 Å². The number of hydrogen-bond donors (Lipinski definition) is 0. The van der Waals surface area contributed by atoms with Crippen LogP contribution < -0.4 is 10.3 Å². The van der Waals surface area contributed by atoms with Crippen molar-refractivity contribution >= 4 is 16.8 Å². The van der Waals surface area contributed by atoms with Gasteiger partial charge in [0.1, 0.15) is 11.6 Å². The van der Waals surface area contributed by atoms with E-state index in [9.17, 15) is 9.59 Å². The van der Waals surface area contributed by atoms with E-state index < -0.39 is 6.04 Å². The van der Waals surface area contributed by atoms with Crippen molar-refractivity contribution in [2.45, 2.75) is 39.7 Å². The third kappa shape index (κ3) is 6.07. The fourth-order valence-electron chi connectivity index (χ4n) is 5.18. The third-order valence-corrected chi connectivity index (χ3v) is 7.31. The van der Waals surface area contributed by atoms with Crippen LogP contribution in [0.5, 0.6) is 5.75 Å². The number of hydrogen-bond acceptors (Lipinski definition) is 4. The molecule has 1 amide bonds. The molecular weight excluding hydrogens is 510 g/mol. The molecule has 41 heavy (non-hydrogen) atoms. The Morgan fingerprint density at radius 3 is 2.24 bits per heavy atom. The molecule has 0 saturated heterocycles. The van der Waals surface area contributed by atoms with Crippen LogP contribution in [0.1, 0.15) is 53.6 Å². The molecule has 4 aromatic carbocycles. The summed E-state index contributed by atoms with van der Waals surface area (Å²) < 4.78 is 7.30. The number of amides is 1. The fraction of sp³-hybridized carbons (Fsp3) is 0.229. The number of nitrogens with zero attached hydrogens (tertiary/aromatic N) is 3. The molecule has 0 saturated carbocycles. The van der Waals surface area contributed by atoms with Gasteiger partial charge < -0.3 is 9.64 Å². The van der Waals surface area contributed by atoms with E-state index in [1.165, 1.54) is 0 Å². The lowest BCUT2D eigenvalue weighted by Crippen LogP contribution is -2.39. The topological polar surface area (TPSA) is 64.4 Å². The van der Waals surface area contributed by atoms with Crippen molar-refractivity contribution < 1.29 is 9.53 Å². The van der Waals surface area contributed by atoms with Crippen molar-refractivity contribution in [2.24, 2.45) is 0 Å². The van der Waals surface area contributed by atoms with Crippen molar-refractivity contribution in [1.82, 2.24) is 14.5 Å². The quantitative estimate of drug-likeness (QED) is 0.191. The van der Waals surface area contributed by atoms with Crippen LogP contribution in [0, 0.1) is 6.92 Å². The Hall–Kier alpha value is -4.71. The normalized spacial score (nSPS) is 11.8. The summed E-state index contributed by atoms with van der Waals surface area (Å²) in [7, 11) is 0. The SMILES string of the molecule is CCOc1ccc(-n2c(C(CC)N(CCc3ccccc3)C(=O)c3ccc(C)cc3)nc3ccccc3c2=O)cc1. The molecule has 1 heterocycles. The van der Waals surface area contributed by atoms with Crippen LogP contribution in [0.25, 0.3) is 16.6 Å². The minimum absolute atomic E-state index is 0.0894. The molecule has 208 valence electrons. The van der Waals surface area contributed by atoms with Gasteiger partial charge in [-0.15, -0.1) is 0 Å². The zero-order chi connectivity index (χ0) is 28.8. The molecule has 0 fully saturated rings. The number of rotatable bonds is 10. The van der Waals surface area contributed by atoms with Crippen molar-refractivity contribution in [3.05, 3.63) is 136 Å². The van der Waals surface area contributed by atoms with Gasteiger partial charge >= 0.3 is 0 Å². The van der Waals surface area contributed by atoms with E-state index in [0.29, 0.717) is 54.0 Å². The van der Waals surface area contributed by atoms with Crippen LogP contribution in [0.4, 0.5) is 0 Å². The predicted octanol–water partition coefficient (Wildman–Crippen LogP) is 6.93. The van der Waals surface area contributed by atoms with Gasteiger partial charge in [-0.25, -0.2) is 4.98 Å². The highest BCUT2D eigenvalue weighted by Gasteiger charge is 2.29. The summed E-state index contributed by atoms with van der Waals surface area (Å²) in [4.78, 5) is 35.1. The molecule has 6 nitrogen and oxygen atoms in total. The summed E-state index contributed by atoms with van der Waals surface area (Å²) in [5.74, 6) is 1.17. The second-order valence-corrected chi connectivity index (χ2v) is 10.1. The van der Waals surface area contributed by atoms with Crippen LogP contribution in [-0.2, 0) is 6.42 Å². The first kappa shape index (κ1) is 27.8. The van der Waals surface area contributed by atoms with E-state index in [-0.39, 0.29) is 11.5 Å². The second-order valence-electron chi connectivity index (χ2n) is 10.1. The molecule has 0 aliphatic rings. The largest absolute Gasteiger partial charge is 0.494 e. The van der Waals surface area contributed by atoms with Crippen LogP contribution >= 0.6 is 0 Å². The lowest BCUT2D eigenvalue weighted by Gasteiger charge is -2.32. The molecule has 1 unspecified atom stereocenters. The molecule has 5 aromatic rings. The van der Waals surface area contributed by atoms with Gasteiger partial charge in [0.2, 0.25) is 0 Å². The average molecular weight is 546 g/mol. The first-order valence-corrected chi connectivity index (χ1v) is 14.2. The average Bonchev–Trinajstić information content (AvgIpc) is 3.00. The molecule has 0 spiro atoms. The highest BCUT2D eigenvalue weighted by Crippen LogP contribution is 2.28. The molecule has 0 radical (unpaired) electrons. The predicted molar refractivity (Wildman–Crippen MR) is 164 cm³/mol. The van der Waals surface area contributed by atoms with Crippen molar-refractivity contribution in [3.63, 3.8) is 0 Å². The number of benzene rings is 4. The number of aryl methyl sites for hydroxylation is 1. The molecule has 5 rings (SSSR count). The summed E-state index contributed by atoms with van der Waals surface area (Å²) >= 11 is 0. The van der Waals surface area contributed by atoms with Crippen molar-refractivity contribution in [1.29, 1.82) is 0 Å². The van der Waals surface area contributed by atoms with Crippen molar-refractivity contribution in [3.8, 4) is 11.4 Å². The van der Waals surface area contributed by atoms with Gasteiger partial charge in [0.05, 0.1) is 29.2 Å². The summed E-state index contributed by atoms with van der Waals surface area (Å²) in [6, 6.07) is 32.2. The summed E-state index contributed by atoms with van der Waals surface area (Å²) in [5.41, 5.74) is 3.95. The first-order valence-electron chi connectivity index (χ1n) is 14.2. The number of para-hydroxylation sites is 1. The Bertz CT molecular complexity index is 1680. The van der Waals surface area contributed by atoms with Gasteiger partial charge in [-0.3, -0.25) is 14.2 Å². The number of carbonyl (C=O) groups excluding carboxylic acids is 1. The number of ether oxygens (including phenoxy) is 1. The molecule has 0 N–H and O–H groups in total. The first-order chi connectivity index (χ1) is 20.0. The molecule has 0 aliphatic carbocycles. The third-order valence-electron chi connectivity index (χ3n) is 7.31. The van der Waals surface area contributed by atoms with Crippen LogP contribution in [0.3, 0.4) is 0 Å². The molecule has 0 aliphatic heterocycles.